The topological polar surface area (TPSA) is 59.1 Å². The Hall–Kier alpha value is -2.24. The Balaban J connectivity index is 2.39. The number of ether oxygens (including phenoxy) is 2. The van der Waals surface area contributed by atoms with Gasteiger partial charge in [-0.15, -0.1) is 0 Å². The van der Waals surface area contributed by atoms with E-state index in [0.29, 0.717) is 26.0 Å². The van der Waals surface area contributed by atoms with E-state index >= 15 is 0 Å². The molecular weight excluding hydrogens is 344 g/mol. The normalized spacial score (nSPS) is 11.0. The molecule has 0 radical (unpaired) electrons. The van der Waals surface area contributed by atoms with Crippen molar-refractivity contribution in [2.75, 3.05) is 38.7 Å². The molecule has 152 valence electrons. The van der Waals surface area contributed by atoms with Crippen molar-refractivity contribution in [2.24, 2.45) is 0 Å². The van der Waals surface area contributed by atoms with E-state index in [1.54, 1.807) is 11.9 Å². The van der Waals surface area contributed by atoms with Crippen LogP contribution >= 0.6 is 0 Å². The molecule has 0 aliphatic rings. The van der Waals surface area contributed by atoms with E-state index in [1.807, 2.05) is 46.9 Å². The molecule has 0 aliphatic carbocycles. The number of esters is 1. The fourth-order valence-corrected chi connectivity index (χ4v) is 2.50. The molecular formula is C21H34N2O4. The molecule has 0 N–H and O–H groups in total. The van der Waals surface area contributed by atoms with Crippen LogP contribution in [0.4, 0.5) is 10.5 Å². The minimum absolute atomic E-state index is 0.159. The second-order valence-corrected chi connectivity index (χ2v) is 7.65. The first-order chi connectivity index (χ1) is 12.6. The molecule has 0 unspecified atom stereocenters. The third-order valence-corrected chi connectivity index (χ3v) is 3.99. The van der Waals surface area contributed by atoms with Gasteiger partial charge in [0.15, 0.2) is 0 Å². The van der Waals surface area contributed by atoms with Crippen molar-refractivity contribution in [1.82, 2.24) is 4.90 Å². The van der Waals surface area contributed by atoms with E-state index < -0.39 is 5.60 Å². The van der Waals surface area contributed by atoms with Gasteiger partial charge in [0.05, 0.1) is 6.61 Å². The minimum atomic E-state index is -0.475. The lowest BCUT2D eigenvalue weighted by Crippen LogP contribution is -2.35. The Labute approximate surface area is 163 Å². The SMILES string of the molecule is CCOC(=O)CCc1ccc(N(C)CCCN(C)C(=O)OC(C)(C)C)cc1. The predicted molar refractivity (Wildman–Crippen MR) is 108 cm³/mol. The van der Waals surface area contributed by atoms with Gasteiger partial charge in [0.1, 0.15) is 5.60 Å². The highest BCUT2D eigenvalue weighted by atomic mass is 16.6. The molecule has 6 heteroatoms. The van der Waals surface area contributed by atoms with E-state index in [1.165, 1.54) is 0 Å². The van der Waals surface area contributed by atoms with Crippen LogP contribution in [0.15, 0.2) is 24.3 Å². The summed E-state index contributed by atoms with van der Waals surface area (Å²) in [4.78, 5) is 27.1. The molecule has 1 aromatic carbocycles. The lowest BCUT2D eigenvalue weighted by atomic mass is 10.1. The van der Waals surface area contributed by atoms with Gasteiger partial charge in [0, 0.05) is 39.3 Å². The fraction of sp³-hybridized carbons (Fsp3) is 0.619. The summed E-state index contributed by atoms with van der Waals surface area (Å²) in [6, 6.07) is 8.19. The van der Waals surface area contributed by atoms with Gasteiger partial charge in [-0.2, -0.15) is 0 Å². The Bertz CT molecular complexity index is 593. The fourth-order valence-electron chi connectivity index (χ4n) is 2.50. The van der Waals surface area contributed by atoms with Gasteiger partial charge < -0.3 is 19.3 Å². The van der Waals surface area contributed by atoms with E-state index in [-0.39, 0.29) is 12.1 Å². The highest BCUT2D eigenvalue weighted by molar-refractivity contribution is 5.69. The Morgan fingerprint density at radius 1 is 1.04 bits per heavy atom. The van der Waals surface area contributed by atoms with Crippen LogP contribution in [0.5, 0.6) is 0 Å². The standard InChI is InChI=1S/C21H34N2O4/c1-7-26-19(24)14-11-17-9-12-18(13-10-17)22(5)15-8-16-23(6)20(25)27-21(2,3)4/h9-10,12-13H,7-8,11,14-16H2,1-6H3. The van der Waals surface area contributed by atoms with Crippen LogP contribution in [-0.2, 0) is 20.7 Å². The van der Waals surface area contributed by atoms with Gasteiger partial charge >= 0.3 is 12.1 Å². The van der Waals surface area contributed by atoms with Crippen molar-refractivity contribution in [3.8, 4) is 0 Å². The van der Waals surface area contributed by atoms with Crippen molar-refractivity contribution in [1.29, 1.82) is 0 Å². The number of hydrogen-bond acceptors (Lipinski definition) is 5. The Morgan fingerprint density at radius 2 is 1.67 bits per heavy atom. The summed E-state index contributed by atoms with van der Waals surface area (Å²) in [7, 11) is 3.79. The quantitative estimate of drug-likeness (QED) is 0.611. The van der Waals surface area contributed by atoms with Crippen molar-refractivity contribution in [2.45, 2.75) is 52.6 Å². The number of benzene rings is 1. The zero-order valence-electron chi connectivity index (χ0n) is 17.6. The van der Waals surface area contributed by atoms with Gasteiger partial charge in [-0.25, -0.2) is 4.79 Å². The van der Waals surface area contributed by atoms with Crippen molar-refractivity contribution >= 4 is 17.7 Å². The van der Waals surface area contributed by atoms with Crippen LogP contribution in [0.1, 0.15) is 46.1 Å². The number of hydrogen-bond donors (Lipinski definition) is 0. The third kappa shape index (κ3) is 9.31. The molecule has 1 aromatic rings. The molecule has 27 heavy (non-hydrogen) atoms. The largest absolute Gasteiger partial charge is 0.466 e. The summed E-state index contributed by atoms with van der Waals surface area (Å²) in [5, 5.41) is 0. The van der Waals surface area contributed by atoms with Crippen molar-refractivity contribution in [3.63, 3.8) is 0 Å². The second-order valence-electron chi connectivity index (χ2n) is 7.65. The average molecular weight is 379 g/mol. The summed E-state index contributed by atoms with van der Waals surface area (Å²) in [6.45, 7) is 9.29. The maximum Gasteiger partial charge on any atom is 0.410 e. The molecule has 0 aliphatic heterocycles. The maximum atomic E-state index is 11.9. The number of carbonyl (C=O) groups is 2. The summed E-state index contributed by atoms with van der Waals surface area (Å²) >= 11 is 0. The number of rotatable bonds is 9. The maximum absolute atomic E-state index is 11.9. The molecule has 1 amide bonds. The lowest BCUT2D eigenvalue weighted by Gasteiger charge is -2.25. The molecule has 0 saturated heterocycles. The smallest absolute Gasteiger partial charge is 0.410 e. The van der Waals surface area contributed by atoms with E-state index in [0.717, 1.165) is 24.2 Å². The molecule has 0 atom stereocenters. The molecule has 1 rings (SSSR count). The molecule has 0 fully saturated rings. The van der Waals surface area contributed by atoms with Crippen LogP contribution in [0.25, 0.3) is 0 Å². The Kier molecular flexibility index (Phi) is 9.12. The molecule has 0 spiro atoms. The van der Waals surface area contributed by atoms with Gasteiger partial charge in [0.2, 0.25) is 0 Å². The zero-order valence-corrected chi connectivity index (χ0v) is 17.6. The second kappa shape index (κ2) is 10.8. The first kappa shape index (κ1) is 22.8. The highest BCUT2D eigenvalue weighted by Gasteiger charge is 2.19. The van der Waals surface area contributed by atoms with Crippen LogP contribution < -0.4 is 4.90 Å². The molecule has 0 aromatic heterocycles. The number of aryl methyl sites for hydroxylation is 1. The van der Waals surface area contributed by atoms with Crippen LogP contribution in [-0.4, -0.2) is 56.4 Å². The first-order valence-electron chi connectivity index (χ1n) is 9.52. The highest BCUT2D eigenvalue weighted by Crippen LogP contribution is 2.16. The summed E-state index contributed by atoms with van der Waals surface area (Å²) < 4.78 is 10.3. The lowest BCUT2D eigenvalue weighted by molar-refractivity contribution is -0.143. The summed E-state index contributed by atoms with van der Waals surface area (Å²) in [5.41, 5.74) is 1.75. The molecule has 0 heterocycles. The van der Waals surface area contributed by atoms with Gasteiger partial charge in [-0.3, -0.25) is 4.79 Å². The van der Waals surface area contributed by atoms with Crippen LogP contribution in [0.2, 0.25) is 0 Å². The van der Waals surface area contributed by atoms with E-state index in [4.69, 9.17) is 9.47 Å². The van der Waals surface area contributed by atoms with E-state index in [9.17, 15) is 9.59 Å². The van der Waals surface area contributed by atoms with Crippen LogP contribution in [0.3, 0.4) is 0 Å². The number of anilines is 1. The minimum Gasteiger partial charge on any atom is -0.466 e. The van der Waals surface area contributed by atoms with Crippen molar-refractivity contribution < 1.29 is 19.1 Å². The summed E-state index contributed by atoms with van der Waals surface area (Å²) in [6.07, 6.45) is 1.64. The van der Waals surface area contributed by atoms with Crippen molar-refractivity contribution in [3.05, 3.63) is 29.8 Å². The van der Waals surface area contributed by atoms with Gasteiger partial charge in [0.25, 0.3) is 0 Å². The zero-order chi connectivity index (χ0) is 20.4. The van der Waals surface area contributed by atoms with Gasteiger partial charge in [-0.1, -0.05) is 12.1 Å². The first-order valence-corrected chi connectivity index (χ1v) is 9.52. The molecule has 0 saturated carbocycles. The number of amides is 1. The monoisotopic (exact) mass is 378 g/mol. The predicted octanol–water partition coefficient (Wildman–Crippen LogP) is 3.88. The average Bonchev–Trinajstić information content (AvgIpc) is 2.59. The number of carbonyl (C=O) groups excluding carboxylic acids is 2. The van der Waals surface area contributed by atoms with Gasteiger partial charge in [-0.05, 0) is 58.2 Å². The Morgan fingerprint density at radius 3 is 2.22 bits per heavy atom. The molecule has 6 nitrogen and oxygen atoms in total. The third-order valence-electron chi connectivity index (χ3n) is 3.99. The van der Waals surface area contributed by atoms with Crippen LogP contribution in [0, 0.1) is 0 Å². The summed E-state index contributed by atoms with van der Waals surface area (Å²) in [5.74, 6) is -0.159. The van der Waals surface area contributed by atoms with E-state index in [2.05, 4.69) is 17.0 Å². The molecule has 0 bridgehead atoms. The number of nitrogens with zero attached hydrogens (tertiary/aromatic N) is 2.